The van der Waals surface area contributed by atoms with Gasteiger partial charge in [0, 0.05) is 13.0 Å². The minimum atomic E-state index is -4.59. The number of amides is 1. The lowest BCUT2D eigenvalue weighted by Gasteiger charge is -2.12. The van der Waals surface area contributed by atoms with Gasteiger partial charge in [-0.05, 0) is 32.1 Å². The van der Waals surface area contributed by atoms with Gasteiger partial charge >= 0.3 is 7.82 Å². The molecule has 0 aromatic rings. The normalized spacial score (nSPS) is 13.0. The van der Waals surface area contributed by atoms with Crippen molar-refractivity contribution in [1.29, 1.82) is 0 Å². The smallest absolute Gasteiger partial charge is 0.389 e. The van der Waals surface area contributed by atoms with Crippen LogP contribution in [0.15, 0.2) is 12.2 Å². The molecule has 0 aliphatic rings. The second kappa shape index (κ2) is 21.1. The Bertz CT molecular complexity index is 494. The number of carbonyl (C=O) groups is 1. The molecule has 0 aliphatic heterocycles. The van der Waals surface area contributed by atoms with E-state index in [0.29, 0.717) is 6.42 Å². The highest BCUT2D eigenvalue weighted by Crippen LogP contribution is 2.35. The molecule has 1 amide bonds. The predicted octanol–water partition coefficient (Wildman–Crippen LogP) is 5.39. The molecule has 0 fully saturated rings. The predicted molar refractivity (Wildman–Crippen MR) is 126 cm³/mol. The molecule has 0 spiro atoms. The third kappa shape index (κ3) is 25.4. The van der Waals surface area contributed by atoms with Gasteiger partial charge in [0.2, 0.25) is 5.91 Å². The van der Waals surface area contributed by atoms with Crippen molar-refractivity contribution in [3.63, 3.8) is 0 Å². The average molecular weight is 464 g/mol. The zero-order chi connectivity index (χ0) is 23.2. The molecule has 0 saturated heterocycles. The van der Waals surface area contributed by atoms with E-state index in [4.69, 9.17) is 9.79 Å². The van der Waals surface area contributed by atoms with Gasteiger partial charge in [0.15, 0.2) is 0 Å². The van der Waals surface area contributed by atoms with Gasteiger partial charge in [0.05, 0.1) is 12.7 Å². The lowest BCUT2D eigenvalue weighted by Crippen LogP contribution is -2.34. The van der Waals surface area contributed by atoms with Crippen LogP contribution in [-0.2, 0) is 13.9 Å². The Kier molecular flexibility index (Phi) is 20.7. The number of unbranched alkanes of at least 4 members (excludes halogenated alkanes) is 13. The first-order valence-electron chi connectivity index (χ1n) is 12.1. The summed E-state index contributed by atoms with van der Waals surface area (Å²) in [5.41, 5.74) is 0. The first-order valence-corrected chi connectivity index (χ1v) is 13.7. The highest BCUT2D eigenvalue weighted by Gasteiger charge is 2.17. The van der Waals surface area contributed by atoms with Crippen molar-refractivity contribution >= 4 is 13.7 Å². The van der Waals surface area contributed by atoms with E-state index >= 15 is 0 Å². The maximum Gasteiger partial charge on any atom is 0.469 e. The molecule has 7 nitrogen and oxygen atoms in total. The first kappa shape index (κ1) is 30.3. The third-order valence-electron chi connectivity index (χ3n) is 5.14. The summed E-state index contributed by atoms with van der Waals surface area (Å²) in [6.07, 6.45) is 22.4. The van der Waals surface area contributed by atoms with Crippen LogP contribution in [0.25, 0.3) is 0 Å². The third-order valence-corrected chi connectivity index (χ3v) is 5.62. The molecule has 1 atom stereocenters. The highest BCUT2D eigenvalue weighted by molar-refractivity contribution is 7.46. The molecule has 0 heterocycles. The van der Waals surface area contributed by atoms with Crippen LogP contribution in [-0.4, -0.2) is 40.1 Å². The van der Waals surface area contributed by atoms with E-state index < -0.39 is 20.5 Å². The number of phosphoric ester groups is 1. The molecule has 0 saturated carbocycles. The summed E-state index contributed by atoms with van der Waals surface area (Å²) in [7, 11) is -4.59. The Morgan fingerprint density at radius 3 is 1.87 bits per heavy atom. The van der Waals surface area contributed by atoms with E-state index in [1.54, 1.807) is 0 Å². The fourth-order valence-corrected chi connectivity index (χ4v) is 3.64. The fraction of sp³-hybridized carbons (Fsp3) is 0.870. The highest BCUT2D eigenvalue weighted by atomic mass is 31.2. The average Bonchev–Trinajstić information content (AvgIpc) is 2.72. The zero-order valence-corrected chi connectivity index (χ0v) is 20.4. The van der Waals surface area contributed by atoms with Gasteiger partial charge < -0.3 is 20.2 Å². The molecule has 0 radical (unpaired) electrons. The topological polar surface area (TPSA) is 116 Å². The quantitative estimate of drug-likeness (QED) is 0.0972. The number of aliphatic hydroxyl groups excluding tert-OH is 1. The van der Waals surface area contributed by atoms with Gasteiger partial charge in [-0.2, -0.15) is 0 Å². The molecule has 0 aromatic heterocycles. The Morgan fingerprint density at radius 2 is 1.35 bits per heavy atom. The number of carbonyl (C=O) groups excluding carboxylic acids is 1. The van der Waals surface area contributed by atoms with Crippen molar-refractivity contribution < 1.29 is 28.8 Å². The van der Waals surface area contributed by atoms with Crippen molar-refractivity contribution in [2.45, 2.75) is 116 Å². The molecular formula is C23H46NO6P. The van der Waals surface area contributed by atoms with Crippen molar-refractivity contribution in [2.75, 3.05) is 13.2 Å². The molecular weight excluding hydrogens is 417 g/mol. The Balaban J connectivity index is 3.32. The molecule has 0 aliphatic carbocycles. The number of nitrogens with one attached hydrogen (secondary N) is 1. The number of allylic oxidation sites excluding steroid dienone is 2. The van der Waals surface area contributed by atoms with Crippen LogP contribution in [0.5, 0.6) is 0 Å². The number of hydrogen-bond donors (Lipinski definition) is 4. The summed E-state index contributed by atoms with van der Waals surface area (Å²) in [6.45, 7) is 1.66. The lowest BCUT2D eigenvalue weighted by molar-refractivity contribution is -0.121. The monoisotopic (exact) mass is 463 g/mol. The van der Waals surface area contributed by atoms with Crippen LogP contribution in [0.4, 0.5) is 0 Å². The van der Waals surface area contributed by atoms with Crippen LogP contribution in [0, 0.1) is 0 Å². The van der Waals surface area contributed by atoms with Gasteiger partial charge in [0.25, 0.3) is 0 Å². The zero-order valence-electron chi connectivity index (χ0n) is 19.5. The number of rotatable bonds is 22. The Morgan fingerprint density at radius 1 is 0.871 bits per heavy atom. The van der Waals surface area contributed by atoms with E-state index in [1.807, 2.05) is 0 Å². The second-order valence-electron chi connectivity index (χ2n) is 8.29. The molecule has 0 aromatic carbocycles. The second-order valence-corrected chi connectivity index (χ2v) is 9.52. The largest absolute Gasteiger partial charge is 0.469 e. The number of phosphoric acid groups is 1. The molecule has 4 N–H and O–H groups in total. The minimum Gasteiger partial charge on any atom is -0.389 e. The van der Waals surface area contributed by atoms with E-state index in [-0.39, 0.29) is 12.5 Å². The van der Waals surface area contributed by atoms with Crippen molar-refractivity contribution in [2.24, 2.45) is 0 Å². The molecule has 0 rings (SSSR count). The first-order chi connectivity index (χ1) is 14.8. The van der Waals surface area contributed by atoms with E-state index in [0.717, 1.165) is 19.3 Å². The maximum atomic E-state index is 11.7. The molecule has 31 heavy (non-hydrogen) atoms. The van der Waals surface area contributed by atoms with Gasteiger partial charge in [0.1, 0.15) is 0 Å². The van der Waals surface area contributed by atoms with Crippen LogP contribution in [0.3, 0.4) is 0 Å². The molecule has 184 valence electrons. The summed E-state index contributed by atoms with van der Waals surface area (Å²) in [5.74, 6) is -0.162. The summed E-state index contributed by atoms with van der Waals surface area (Å²) >= 11 is 0. The number of hydrogen-bond acceptors (Lipinski definition) is 4. The maximum absolute atomic E-state index is 11.7. The van der Waals surface area contributed by atoms with Gasteiger partial charge in [-0.15, -0.1) is 0 Å². The SMILES string of the molecule is CCCCCCC=CCCCCCCCCCCCC(=O)NCC(O)COP(=O)(O)O. The Labute approximate surface area is 189 Å². The van der Waals surface area contributed by atoms with E-state index in [9.17, 15) is 14.5 Å². The number of aliphatic hydroxyl groups is 1. The summed E-state index contributed by atoms with van der Waals surface area (Å²) < 4.78 is 14.7. The van der Waals surface area contributed by atoms with E-state index in [2.05, 4.69) is 28.9 Å². The van der Waals surface area contributed by atoms with Crippen molar-refractivity contribution in [1.82, 2.24) is 5.32 Å². The van der Waals surface area contributed by atoms with Gasteiger partial charge in [-0.25, -0.2) is 4.57 Å². The summed E-state index contributed by atoms with van der Waals surface area (Å²) in [6, 6.07) is 0. The lowest BCUT2D eigenvalue weighted by atomic mass is 10.1. The van der Waals surface area contributed by atoms with Crippen LogP contribution < -0.4 is 5.32 Å². The molecule has 1 unspecified atom stereocenters. The summed E-state index contributed by atoms with van der Waals surface area (Å²) in [5, 5.41) is 12.0. The standard InChI is InChI=1S/C23H46NO6P/c1-2-3-4-5-6-7-8-9-10-11-12-13-14-15-16-17-18-19-23(26)24-20-22(25)21-30-31(27,28)29/h7-8,22,25H,2-6,9-21H2,1H3,(H,24,26)(H2,27,28,29). The molecule has 0 bridgehead atoms. The van der Waals surface area contributed by atoms with Gasteiger partial charge in [-0.3, -0.25) is 9.32 Å². The summed E-state index contributed by atoms with van der Waals surface area (Å²) in [4.78, 5) is 28.8. The minimum absolute atomic E-state index is 0.0758. The Hall–Kier alpha value is -0.720. The fourth-order valence-electron chi connectivity index (χ4n) is 3.27. The van der Waals surface area contributed by atoms with Crippen molar-refractivity contribution in [3.05, 3.63) is 12.2 Å². The molecule has 8 heteroatoms. The van der Waals surface area contributed by atoms with Crippen LogP contribution in [0.2, 0.25) is 0 Å². The van der Waals surface area contributed by atoms with E-state index in [1.165, 1.54) is 77.0 Å². The van der Waals surface area contributed by atoms with Crippen molar-refractivity contribution in [3.8, 4) is 0 Å². The van der Waals surface area contributed by atoms with Crippen LogP contribution >= 0.6 is 7.82 Å². The van der Waals surface area contributed by atoms with Crippen LogP contribution in [0.1, 0.15) is 110 Å². The van der Waals surface area contributed by atoms with Gasteiger partial charge in [-0.1, -0.05) is 83.3 Å².